The van der Waals surface area contributed by atoms with Gasteiger partial charge in [-0.2, -0.15) is 0 Å². The van der Waals surface area contributed by atoms with E-state index in [-0.39, 0.29) is 0 Å². The maximum absolute atomic E-state index is 3.65. The van der Waals surface area contributed by atoms with Gasteiger partial charge < -0.3 is 5.32 Å². The Balaban J connectivity index is 1.52. The first-order valence-corrected chi connectivity index (χ1v) is 9.40. The topological polar surface area (TPSA) is 12.0 Å². The number of hydrogen-bond donors (Lipinski definition) is 1. The van der Waals surface area contributed by atoms with E-state index in [0.717, 1.165) is 29.2 Å². The molecule has 0 saturated heterocycles. The first kappa shape index (κ1) is 14.9. The molecule has 0 aromatic rings. The maximum Gasteiger partial charge on any atom is 0.00693 e. The van der Waals surface area contributed by atoms with E-state index in [9.17, 15) is 0 Å². The molecule has 1 heteroatoms. The van der Waals surface area contributed by atoms with Crippen molar-refractivity contribution in [1.82, 2.24) is 5.32 Å². The van der Waals surface area contributed by atoms with Crippen LogP contribution in [-0.2, 0) is 0 Å². The predicted octanol–water partition coefficient (Wildman–Crippen LogP) is 5.15. The molecule has 0 spiro atoms. The van der Waals surface area contributed by atoms with Gasteiger partial charge in [-0.3, -0.25) is 0 Å². The summed E-state index contributed by atoms with van der Waals surface area (Å²) in [5.41, 5.74) is 0.757. The van der Waals surface area contributed by atoms with Crippen LogP contribution in [0.25, 0.3) is 0 Å². The molecule has 0 amide bonds. The average Bonchev–Trinajstić information content (AvgIpc) is 2.40. The molecule has 4 aliphatic rings. The second kappa shape index (κ2) is 6.38. The van der Waals surface area contributed by atoms with E-state index in [4.69, 9.17) is 0 Å². The van der Waals surface area contributed by atoms with Crippen molar-refractivity contribution < 1.29 is 0 Å². The molecule has 1 unspecified atom stereocenters. The molecule has 1 N–H and O–H groups in total. The van der Waals surface area contributed by atoms with Crippen LogP contribution in [-0.4, -0.2) is 13.1 Å². The standard InChI is InChI=1S/C19H35N/c1-3-4-5-6-7-18(20-2)14-19-11-15-8-16(12-19)10-17(9-15)13-19/h15-18,20H,3-14H2,1-2H3. The second-order valence-corrected chi connectivity index (χ2v) is 8.46. The lowest BCUT2D eigenvalue weighted by atomic mass is 9.48. The SMILES string of the molecule is CCCCCCC(CC12CC3CC(CC(C3)C1)C2)NC. The Bertz CT molecular complexity index is 274. The monoisotopic (exact) mass is 277 g/mol. The zero-order valence-corrected chi connectivity index (χ0v) is 13.8. The van der Waals surface area contributed by atoms with Crippen molar-refractivity contribution >= 4 is 0 Å². The fourth-order valence-corrected chi connectivity index (χ4v) is 6.23. The highest BCUT2D eigenvalue weighted by atomic mass is 14.9. The van der Waals surface area contributed by atoms with Crippen LogP contribution in [0.2, 0.25) is 0 Å². The summed E-state index contributed by atoms with van der Waals surface area (Å²) in [5.74, 6) is 3.33. The van der Waals surface area contributed by atoms with Gasteiger partial charge in [0.05, 0.1) is 0 Å². The molecular formula is C19H35N. The Hall–Kier alpha value is -0.0400. The summed E-state index contributed by atoms with van der Waals surface area (Å²) in [6, 6.07) is 0.795. The number of nitrogens with one attached hydrogen (secondary N) is 1. The van der Waals surface area contributed by atoms with Crippen molar-refractivity contribution in [3.8, 4) is 0 Å². The van der Waals surface area contributed by atoms with E-state index in [0.29, 0.717) is 0 Å². The quantitative estimate of drug-likeness (QED) is 0.605. The molecule has 4 bridgehead atoms. The molecule has 20 heavy (non-hydrogen) atoms. The van der Waals surface area contributed by atoms with Crippen LogP contribution in [0.5, 0.6) is 0 Å². The van der Waals surface area contributed by atoms with Crippen molar-refractivity contribution in [2.45, 2.75) is 90.0 Å². The van der Waals surface area contributed by atoms with E-state index >= 15 is 0 Å². The molecule has 1 atom stereocenters. The minimum Gasteiger partial charge on any atom is -0.317 e. The van der Waals surface area contributed by atoms with Gasteiger partial charge >= 0.3 is 0 Å². The third-order valence-electron chi connectivity index (χ3n) is 6.66. The smallest absolute Gasteiger partial charge is 0.00693 e. The first-order valence-electron chi connectivity index (χ1n) is 9.40. The zero-order valence-electron chi connectivity index (χ0n) is 13.8. The normalized spacial score (nSPS) is 40.2. The Labute approximate surface area is 126 Å². The molecule has 4 rings (SSSR count). The highest BCUT2D eigenvalue weighted by molar-refractivity contribution is 5.02. The molecule has 4 saturated carbocycles. The van der Waals surface area contributed by atoms with Gasteiger partial charge in [-0.25, -0.2) is 0 Å². The number of rotatable bonds is 8. The Morgan fingerprint density at radius 1 is 0.950 bits per heavy atom. The predicted molar refractivity (Wildman–Crippen MR) is 86.8 cm³/mol. The largest absolute Gasteiger partial charge is 0.317 e. The molecule has 4 aliphatic carbocycles. The van der Waals surface area contributed by atoms with Crippen molar-refractivity contribution in [1.29, 1.82) is 0 Å². The Morgan fingerprint density at radius 2 is 1.55 bits per heavy atom. The summed E-state index contributed by atoms with van der Waals surface area (Å²) in [4.78, 5) is 0. The van der Waals surface area contributed by atoms with Gasteiger partial charge in [0, 0.05) is 6.04 Å². The third-order valence-corrected chi connectivity index (χ3v) is 6.66. The molecule has 0 aromatic carbocycles. The summed E-state index contributed by atoms with van der Waals surface area (Å²) in [7, 11) is 2.20. The molecule has 4 fully saturated rings. The fraction of sp³-hybridized carbons (Fsp3) is 1.00. The van der Waals surface area contributed by atoms with Gasteiger partial charge in [-0.1, -0.05) is 32.6 Å². The summed E-state index contributed by atoms with van der Waals surface area (Å²) in [5, 5.41) is 3.65. The van der Waals surface area contributed by atoms with Crippen molar-refractivity contribution in [2.75, 3.05) is 7.05 Å². The summed E-state index contributed by atoms with van der Waals surface area (Å²) < 4.78 is 0. The molecule has 0 aromatic heterocycles. The minimum absolute atomic E-state index is 0.757. The van der Waals surface area contributed by atoms with Crippen molar-refractivity contribution in [2.24, 2.45) is 23.2 Å². The number of unbranched alkanes of at least 4 members (excludes halogenated alkanes) is 3. The fourth-order valence-electron chi connectivity index (χ4n) is 6.23. The zero-order chi connectivity index (χ0) is 14.0. The van der Waals surface area contributed by atoms with E-state index in [1.165, 1.54) is 38.5 Å². The Kier molecular flexibility index (Phi) is 4.75. The highest BCUT2D eigenvalue weighted by Gasteiger charge is 2.51. The molecule has 1 nitrogen and oxygen atoms in total. The summed E-state index contributed by atoms with van der Waals surface area (Å²) in [6.45, 7) is 2.31. The second-order valence-electron chi connectivity index (χ2n) is 8.46. The van der Waals surface area contributed by atoms with Crippen LogP contribution in [0.4, 0.5) is 0 Å². The number of hydrogen-bond acceptors (Lipinski definition) is 1. The lowest BCUT2D eigenvalue weighted by Crippen LogP contribution is -2.48. The van der Waals surface area contributed by atoms with E-state index in [1.807, 2.05) is 0 Å². The van der Waals surface area contributed by atoms with Crippen LogP contribution >= 0.6 is 0 Å². The van der Waals surface area contributed by atoms with Crippen LogP contribution in [0.1, 0.15) is 84.0 Å². The lowest BCUT2D eigenvalue weighted by molar-refractivity contribution is -0.0621. The van der Waals surface area contributed by atoms with Gasteiger partial charge in [0.25, 0.3) is 0 Å². The Morgan fingerprint density at radius 3 is 2.05 bits per heavy atom. The van der Waals surface area contributed by atoms with Crippen LogP contribution in [0.3, 0.4) is 0 Å². The van der Waals surface area contributed by atoms with Crippen molar-refractivity contribution in [3.63, 3.8) is 0 Å². The van der Waals surface area contributed by atoms with Crippen LogP contribution < -0.4 is 5.32 Å². The third kappa shape index (κ3) is 3.24. The summed E-state index contributed by atoms with van der Waals surface area (Å²) in [6.07, 6.45) is 18.0. The highest BCUT2D eigenvalue weighted by Crippen LogP contribution is 2.61. The molecule has 0 heterocycles. The molecule has 0 radical (unpaired) electrons. The van der Waals surface area contributed by atoms with E-state index in [2.05, 4.69) is 19.3 Å². The van der Waals surface area contributed by atoms with Gasteiger partial charge in [-0.15, -0.1) is 0 Å². The van der Waals surface area contributed by atoms with Crippen molar-refractivity contribution in [3.05, 3.63) is 0 Å². The summed E-state index contributed by atoms with van der Waals surface area (Å²) >= 11 is 0. The van der Waals surface area contributed by atoms with Crippen LogP contribution in [0, 0.1) is 23.2 Å². The van der Waals surface area contributed by atoms with Gasteiger partial charge in [0.2, 0.25) is 0 Å². The van der Waals surface area contributed by atoms with Gasteiger partial charge in [0.15, 0.2) is 0 Å². The maximum atomic E-state index is 3.65. The van der Waals surface area contributed by atoms with E-state index < -0.39 is 0 Å². The van der Waals surface area contributed by atoms with E-state index in [1.54, 1.807) is 38.5 Å². The lowest BCUT2D eigenvalue weighted by Gasteiger charge is -2.57. The first-order chi connectivity index (χ1) is 9.73. The average molecular weight is 277 g/mol. The van der Waals surface area contributed by atoms with Gasteiger partial charge in [-0.05, 0) is 81.6 Å². The molecule has 0 aliphatic heterocycles. The van der Waals surface area contributed by atoms with Crippen LogP contribution in [0.15, 0.2) is 0 Å². The molecule has 116 valence electrons. The van der Waals surface area contributed by atoms with Gasteiger partial charge in [0.1, 0.15) is 0 Å². The minimum atomic E-state index is 0.757. The molecular weight excluding hydrogens is 242 g/mol.